The predicted molar refractivity (Wildman–Crippen MR) is 120 cm³/mol. The zero-order valence-corrected chi connectivity index (χ0v) is 19.5. The van der Waals surface area contributed by atoms with Crippen LogP contribution in [0.2, 0.25) is 0 Å². The fraction of sp³-hybridized carbons (Fsp3) is 0.667. The van der Waals surface area contributed by atoms with Crippen LogP contribution >= 0.6 is 0 Å². The molecule has 31 heavy (non-hydrogen) atoms. The summed E-state index contributed by atoms with van der Waals surface area (Å²) < 4.78 is 12.1. The first kappa shape index (κ1) is 23.5. The third kappa shape index (κ3) is 6.43. The third-order valence-electron chi connectivity index (χ3n) is 6.04. The van der Waals surface area contributed by atoms with Crippen molar-refractivity contribution < 1.29 is 19.1 Å². The van der Waals surface area contributed by atoms with Crippen LogP contribution in [-0.4, -0.2) is 84.6 Å². The third-order valence-corrected chi connectivity index (χ3v) is 6.04. The Morgan fingerprint density at radius 1 is 1.10 bits per heavy atom. The summed E-state index contributed by atoms with van der Waals surface area (Å²) in [5.74, 6) is 1.11. The normalized spacial score (nSPS) is 22.7. The van der Waals surface area contributed by atoms with Crippen LogP contribution < -0.4 is 4.74 Å². The Morgan fingerprint density at radius 2 is 1.74 bits per heavy atom. The Bertz CT molecular complexity index is 742. The monoisotopic (exact) mass is 431 g/mol. The number of ether oxygens (including phenoxy) is 2. The van der Waals surface area contributed by atoms with Gasteiger partial charge in [0.15, 0.2) is 0 Å². The van der Waals surface area contributed by atoms with E-state index in [0.29, 0.717) is 13.0 Å². The van der Waals surface area contributed by atoms with Crippen molar-refractivity contribution in [1.82, 2.24) is 14.7 Å². The number of rotatable bonds is 7. The van der Waals surface area contributed by atoms with E-state index >= 15 is 0 Å². The van der Waals surface area contributed by atoms with Gasteiger partial charge in [0.25, 0.3) is 0 Å². The van der Waals surface area contributed by atoms with Gasteiger partial charge in [-0.1, -0.05) is 12.1 Å². The molecule has 0 aliphatic carbocycles. The number of benzene rings is 1. The van der Waals surface area contributed by atoms with Crippen LogP contribution in [0.1, 0.15) is 45.6 Å². The van der Waals surface area contributed by atoms with Gasteiger partial charge in [-0.25, -0.2) is 0 Å². The fourth-order valence-corrected chi connectivity index (χ4v) is 4.45. The number of hydrogen-bond donors (Lipinski definition) is 0. The summed E-state index contributed by atoms with van der Waals surface area (Å²) in [5.41, 5.74) is 1.16. The van der Waals surface area contributed by atoms with E-state index in [2.05, 4.69) is 17.0 Å². The molecule has 0 aromatic heterocycles. The number of piperidine rings is 1. The van der Waals surface area contributed by atoms with Crippen molar-refractivity contribution in [2.45, 2.75) is 70.9 Å². The molecule has 0 spiro atoms. The first-order valence-corrected chi connectivity index (χ1v) is 11.3. The van der Waals surface area contributed by atoms with Gasteiger partial charge in [0, 0.05) is 47.2 Å². The molecule has 2 aliphatic heterocycles. The standard InChI is InChI=1S/C24H37N3O4/c1-17(2)30-20-8-6-19(7-9-20)15-27-16-22(14-23(27)24(29)25(4)5)31-21-10-12-26(13-11-21)18(3)28/h6-9,17,21-23H,10-16H2,1-5H3/t22-,23-/m0/s1. The summed E-state index contributed by atoms with van der Waals surface area (Å²) in [5, 5.41) is 0. The molecule has 0 radical (unpaired) electrons. The quantitative estimate of drug-likeness (QED) is 0.664. The minimum absolute atomic E-state index is 0.0336. The molecule has 0 unspecified atom stereocenters. The molecule has 3 rings (SSSR count). The molecule has 2 heterocycles. The molecular weight excluding hydrogens is 394 g/mol. The highest BCUT2D eigenvalue weighted by atomic mass is 16.5. The molecular formula is C24H37N3O4. The van der Waals surface area contributed by atoms with Crippen LogP contribution in [-0.2, 0) is 20.9 Å². The van der Waals surface area contributed by atoms with E-state index < -0.39 is 0 Å². The smallest absolute Gasteiger partial charge is 0.239 e. The van der Waals surface area contributed by atoms with Crippen LogP contribution in [0.4, 0.5) is 0 Å². The molecule has 1 aromatic carbocycles. The van der Waals surface area contributed by atoms with Crippen molar-refractivity contribution in [3.63, 3.8) is 0 Å². The first-order valence-electron chi connectivity index (χ1n) is 11.3. The van der Waals surface area contributed by atoms with Gasteiger partial charge < -0.3 is 19.3 Å². The van der Waals surface area contributed by atoms with Crippen LogP contribution in [0.15, 0.2) is 24.3 Å². The van der Waals surface area contributed by atoms with Crippen LogP contribution in [0.5, 0.6) is 5.75 Å². The molecule has 2 saturated heterocycles. The average Bonchev–Trinajstić information content (AvgIpc) is 3.10. The lowest BCUT2D eigenvalue weighted by Crippen LogP contribution is -2.42. The zero-order valence-electron chi connectivity index (χ0n) is 19.5. The lowest BCUT2D eigenvalue weighted by molar-refractivity contribution is -0.134. The summed E-state index contributed by atoms with van der Waals surface area (Å²) in [7, 11) is 3.62. The van der Waals surface area contributed by atoms with Crippen molar-refractivity contribution in [2.24, 2.45) is 0 Å². The number of nitrogens with zero attached hydrogens (tertiary/aromatic N) is 3. The van der Waals surface area contributed by atoms with Crippen LogP contribution in [0.3, 0.4) is 0 Å². The summed E-state index contributed by atoms with van der Waals surface area (Å²) in [6, 6.07) is 7.95. The highest BCUT2D eigenvalue weighted by molar-refractivity contribution is 5.81. The second-order valence-electron chi connectivity index (χ2n) is 9.19. The molecule has 1 aromatic rings. The van der Waals surface area contributed by atoms with Gasteiger partial charge in [0.05, 0.1) is 24.4 Å². The Kier molecular flexibility index (Phi) is 7.94. The van der Waals surface area contributed by atoms with E-state index in [9.17, 15) is 9.59 Å². The van der Waals surface area contributed by atoms with Gasteiger partial charge in [0.2, 0.25) is 11.8 Å². The number of carbonyl (C=O) groups is 2. The van der Waals surface area contributed by atoms with Gasteiger partial charge in [-0.2, -0.15) is 0 Å². The Hall–Kier alpha value is -2.12. The van der Waals surface area contributed by atoms with Gasteiger partial charge in [-0.3, -0.25) is 14.5 Å². The Balaban J connectivity index is 1.61. The molecule has 2 fully saturated rings. The maximum absolute atomic E-state index is 12.8. The molecule has 7 heteroatoms. The predicted octanol–water partition coefficient (Wildman–Crippen LogP) is 2.53. The van der Waals surface area contributed by atoms with Crippen molar-refractivity contribution in [1.29, 1.82) is 0 Å². The minimum Gasteiger partial charge on any atom is -0.491 e. The van der Waals surface area contributed by atoms with Crippen LogP contribution in [0, 0.1) is 0 Å². The molecule has 2 amide bonds. The maximum Gasteiger partial charge on any atom is 0.239 e. The summed E-state index contributed by atoms with van der Waals surface area (Å²) in [4.78, 5) is 30.2. The van der Waals surface area contributed by atoms with E-state index in [1.54, 1.807) is 11.8 Å². The van der Waals surface area contributed by atoms with E-state index in [-0.39, 0.29) is 36.2 Å². The Morgan fingerprint density at radius 3 is 2.29 bits per heavy atom. The second kappa shape index (κ2) is 10.5. The summed E-state index contributed by atoms with van der Waals surface area (Å²) in [6.45, 7) is 8.59. The van der Waals surface area contributed by atoms with Gasteiger partial charge in [-0.05, 0) is 50.8 Å². The largest absolute Gasteiger partial charge is 0.491 e. The zero-order chi connectivity index (χ0) is 22.5. The fourth-order valence-electron chi connectivity index (χ4n) is 4.45. The van der Waals surface area contributed by atoms with E-state index in [4.69, 9.17) is 9.47 Å². The van der Waals surface area contributed by atoms with Crippen molar-refractivity contribution in [3.05, 3.63) is 29.8 Å². The highest BCUT2D eigenvalue weighted by Gasteiger charge is 2.39. The number of likely N-dealkylation sites (N-methyl/N-ethyl adjacent to an activating group) is 1. The van der Waals surface area contributed by atoms with Crippen molar-refractivity contribution in [3.8, 4) is 5.75 Å². The molecule has 172 valence electrons. The lowest BCUT2D eigenvalue weighted by atomic mass is 10.1. The number of carbonyl (C=O) groups excluding carboxylic acids is 2. The molecule has 0 N–H and O–H groups in total. The topological polar surface area (TPSA) is 62.3 Å². The minimum atomic E-state index is -0.177. The van der Waals surface area contributed by atoms with E-state index in [0.717, 1.165) is 43.8 Å². The van der Waals surface area contributed by atoms with Crippen LogP contribution in [0.25, 0.3) is 0 Å². The first-order chi connectivity index (χ1) is 14.7. The van der Waals surface area contributed by atoms with Gasteiger partial charge in [-0.15, -0.1) is 0 Å². The Labute approximate surface area is 186 Å². The second-order valence-corrected chi connectivity index (χ2v) is 9.19. The van der Waals surface area contributed by atoms with Gasteiger partial charge >= 0.3 is 0 Å². The van der Waals surface area contributed by atoms with E-state index in [1.807, 2.05) is 45.0 Å². The molecule has 0 saturated carbocycles. The maximum atomic E-state index is 12.8. The number of amides is 2. The molecule has 7 nitrogen and oxygen atoms in total. The van der Waals surface area contributed by atoms with E-state index in [1.165, 1.54) is 0 Å². The van der Waals surface area contributed by atoms with Crippen molar-refractivity contribution >= 4 is 11.8 Å². The van der Waals surface area contributed by atoms with Gasteiger partial charge in [0.1, 0.15) is 5.75 Å². The molecule has 2 atom stereocenters. The van der Waals surface area contributed by atoms with Crippen molar-refractivity contribution in [2.75, 3.05) is 33.7 Å². The summed E-state index contributed by atoms with van der Waals surface area (Å²) in [6.07, 6.45) is 2.76. The highest BCUT2D eigenvalue weighted by Crippen LogP contribution is 2.27. The summed E-state index contributed by atoms with van der Waals surface area (Å²) >= 11 is 0. The average molecular weight is 432 g/mol. The lowest BCUT2D eigenvalue weighted by Gasteiger charge is -2.32. The molecule has 2 aliphatic rings. The SMILES string of the molecule is CC(=O)N1CCC(O[C@H]2C[C@@H](C(=O)N(C)C)N(Cc3ccc(OC(C)C)cc3)C2)CC1. The number of hydrogen-bond acceptors (Lipinski definition) is 5. The number of likely N-dealkylation sites (tertiary alicyclic amines) is 2. The molecule has 0 bridgehead atoms.